The SMILES string of the molecule is OCc1cc(OCC(F)(F)F)ncc1Br. The van der Waals surface area contributed by atoms with Crippen molar-refractivity contribution in [3.8, 4) is 5.88 Å². The van der Waals surface area contributed by atoms with Crippen LogP contribution in [0.1, 0.15) is 5.56 Å². The molecule has 0 atom stereocenters. The number of ether oxygens (including phenoxy) is 1. The van der Waals surface area contributed by atoms with Crippen molar-refractivity contribution in [1.82, 2.24) is 4.98 Å². The minimum absolute atomic E-state index is 0.167. The standard InChI is InChI=1S/C8H7BrF3NO2/c9-6-2-13-7(1-5(6)3-14)15-4-8(10,11)12/h1-2,14H,3-4H2. The number of halogens is 4. The molecule has 1 aromatic heterocycles. The minimum atomic E-state index is -4.39. The predicted molar refractivity (Wildman–Crippen MR) is 49.4 cm³/mol. The highest BCUT2D eigenvalue weighted by molar-refractivity contribution is 9.10. The lowest BCUT2D eigenvalue weighted by Gasteiger charge is -2.09. The van der Waals surface area contributed by atoms with Crippen LogP contribution in [0.25, 0.3) is 0 Å². The van der Waals surface area contributed by atoms with Gasteiger partial charge in [-0.1, -0.05) is 0 Å². The Labute approximate surface area is 92.0 Å². The second-order valence-corrected chi connectivity index (χ2v) is 3.53. The Hall–Kier alpha value is -0.820. The van der Waals surface area contributed by atoms with E-state index in [2.05, 4.69) is 25.7 Å². The first-order valence-corrected chi connectivity index (χ1v) is 4.66. The molecule has 0 amide bonds. The van der Waals surface area contributed by atoms with Gasteiger partial charge in [-0.2, -0.15) is 13.2 Å². The first-order chi connectivity index (χ1) is 6.92. The third-order valence-electron chi connectivity index (χ3n) is 1.46. The quantitative estimate of drug-likeness (QED) is 0.927. The summed E-state index contributed by atoms with van der Waals surface area (Å²) in [5.74, 6) is -0.167. The van der Waals surface area contributed by atoms with Gasteiger partial charge in [0.05, 0.1) is 6.61 Å². The summed E-state index contributed by atoms with van der Waals surface area (Å²) in [6.45, 7) is -1.70. The Balaban J connectivity index is 2.70. The molecule has 1 aromatic rings. The van der Waals surface area contributed by atoms with Gasteiger partial charge in [0.2, 0.25) is 5.88 Å². The summed E-state index contributed by atoms with van der Waals surface area (Å²) in [5, 5.41) is 8.84. The van der Waals surface area contributed by atoms with E-state index >= 15 is 0 Å². The summed E-state index contributed by atoms with van der Waals surface area (Å²) in [4.78, 5) is 3.61. The maximum atomic E-state index is 11.8. The highest BCUT2D eigenvalue weighted by Crippen LogP contribution is 2.21. The summed E-state index contributed by atoms with van der Waals surface area (Å²) in [7, 11) is 0. The zero-order chi connectivity index (χ0) is 11.5. The van der Waals surface area contributed by atoms with E-state index in [1.165, 1.54) is 12.3 Å². The number of rotatable bonds is 3. The van der Waals surface area contributed by atoms with Gasteiger partial charge < -0.3 is 9.84 Å². The van der Waals surface area contributed by atoms with E-state index in [9.17, 15) is 13.2 Å². The number of hydrogen-bond acceptors (Lipinski definition) is 3. The fraction of sp³-hybridized carbons (Fsp3) is 0.375. The van der Waals surface area contributed by atoms with Crippen LogP contribution in [-0.4, -0.2) is 22.9 Å². The van der Waals surface area contributed by atoms with Gasteiger partial charge in [-0.05, 0) is 21.5 Å². The van der Waals surface area contributed by atoms with Gasteiger partial charge in [0.15, 0.2) is 6.61 Å². The third kappa shape index (κ3) is 4.05. The molecule has 0 aliphatic heterocycles. The molecule has 0 bridgehead atoms. The second kappa shape index (κ2) is 4.80. The van der Waals surface area contributed by atoms with Crippen LogP contribution in [0.4, 0.5) is 13.2 Å². The van der Waals surface area contributed by atoms with Gasteiger partial charge in [-0.25, -0.2) is 4.98 Å². The Morgan fingerprint density at radius 3 is 2.67 bits per heavy atom. The zero-order valence-corrected chi connectivity index (χ0v) is 8.97. The van der Waals surface area contributed by atoms with Crippen LogP contribution in [0.2, 0.25) is 0 Å². The van der Waals surface area contributed by atoms with Gasteiger partial charge in [0.1, 0.15) is 0 Å². The lowest BCUT2D eigenvalue weighted by molar-refractivity contribution is -0.154. The highest BCUT2D eigenvalue weighted by Gasteiger charge is 2.28. The Bertz CT molecular complexity index is 343. The molecule has 1 rings (SSSR count). The predicted octanol–water partition coefficient (Wildman–Crippen LogP) is 2.28. The van der Waals surface area contributed by atoms with Gasteiger partial charge >= 0.3 is 6.18 Å². The summed E-state index contributed by atoms with van der Waals surface area (Å²) in [5.41, 5.74) is 0.419. The van der Waals surface area contributed by atoms with E-state index in [-0.39, 0.29) is 12.5 Å². The van der Waals surface area contributed by atoms with E-state index in [1.807, 2.05) is 0 Å². The van der Waals surface area contributed by atoms with E-state index in [0.717, 1.165) is 0 Å². The Morgan fingerprint density at radius 2 is 2.13 bits per heavy atom. The van der Waals surface area contributed by atoms with E-state index in [4.69, 9.17) is 5.11 Å². The Morgan fingerprint density at radius 1 is 1.47 bits per heavy atom. The van der Waals surface area contributed by atoms with Gasteiger partial charge in [-0.3, -0.25) is 0 Å². The molecule has 0 saturated carbocycles. The molecule has 0 saturated heterocycles. The van der Waals surface area contributed by atoms with Crippen LogP contribution in [0.15, 0.2) is 16.7 Å². The number of aliphatic hydroxyl groups is 1. The molecule has 0 fully saturated rings. The smallest absolute Gasteiger partial charge is 0.422 e. The summed E-state index contributed by atoms with van der Waals surface area (Å²) in [6, 6.07) is 1.25. The lowest BCUT2D eigenvalue weighted by atomic mass is 10.3. The van der Waals surface area contributed by atoms with E-state index < -0.39 is 12.8 Å². The van der Waals surface area contributed by atoms with Gasteiger partial charge in [0, 0.05) is 16.7 Å². The molecule has 0 aliphatic rings. The van der Waals surface area contributed by atoms with Crippen LogP contribution in [0.5, 0.6) is 5.88 Å². The second-order valence-electron chi connectivity index (χ2n) is 2.68. The summed E-state index contributed by atoms with van der Waals surface area (Å²) < 4.78 is 40.3. The van der Waals surface area contributed by atoms with Crippen LogP contribution < -0.4 is 4.74 Å². The minimum Gasteiger partial charge on any atom is -0.468 e. The van der Waals surface area contributed by atoms with Gasteiger partial charge in [0.25, 0.3) is 0 Å². The maximum Gasteiger partial charge on any atom is 0.422 e. The zero-order valence-electron chi connectivity index (χ0n) is 7.38. The van der Waals surface area contributed by atoms with E-state index in [1.54, 1.807) is 0 Å². The van der Waals surface area contributed by atoms with Crippen molar-refractivity contribution < 1.29 is 23.0 Å². The Kier molecular flexibility index (Phi) is 3.92. The third-order valence-corrected chi connectivity index (χ3v) is 2.18. The lowest BCUT2D eigenvalue weighted by Crippen LogP contribution is -2.19. The molecule has 0 aliphatic carbocycles. The van der Waals surface area contributed by atoms with Crippen LogP contribution in [0.3, 0.4) is 0 Å². The van der Waals surface area contributed by atoms with Crippen LogP contribution in [0, 0.1) is 0 Å². The molecule has 0 unspecified atom stereocenters. The van der Waals surface area contributed by atoms with Crippen molar-refractivity contribution in [3.63, 3.8) is 0 Å². The van der Waals surface area contributed by atoms with Crippen molar-refractivity contribution in [1.29, 1.82) is 0 Å². The van der Waals surface area contributed by atoms with E-state index in [0.29, 0.717) is 10.0 Å². The molecule has 15 heavy (non-hydrogen) atoms. The van der Waals surface area contributed by atoms with Gasteiger partial charge in [-0.15, -0.1) is 0 Å². The van der Waals surface area contributed by atoms with Crippen molar-refractivity contribution in [2.24, 2.45) is 0 Å². The highest BCUT2D eigenvalue weighted by atomic mass is 79.9. The van der Waals surface area contributed by atoms with Crippen molar-refractivity contribution >= 4 is 15.9 Å². The topological polar surface area (TPSA) is 42.4 Å². The molecule has 0 radical (unpaired) electrons. The number of aromatic nitrogens is 1. The molecule has 3 nitrogen and oxygen atoms in total. The molecule has 0 aromatic carbocycles. The molecule has 1 heterocycles. The molecule has 0 spiro atoms. The maximum absolute atomic E-state index is 11.8. The first kappa shape index (κ1) is 12.3. The number of hydrogen-bond donors (Lipinski definition) is 1. The number of aliphatic hydroxyl groups excluding tert-OH is 1. The molecule has 84 valence electrons. The number of alkyl halides is 3. The van der Waals surface area contributed by atoms with Crippen molar-refractivity contribution in [2.45, 2.75) is 12.8 Å². The normalized spacial score (nSPS) is 11.5. The number of pyridine rings is 1. The summed E-state index contributed by atoms with van der Waals surface area (Å²) >= 11 is 3.08. The first-order valence-electron chi connectivity index (χ1n) is 3.87. The average molecular weight is 286 g/mol. The number of nitrogens with zero attached hydrogens (tertiary/aromatic N) is 1. The fourth-order valence-electron chi connectivity index (χ4n) is 0.814. The molecular formula is C8H7BrF3NO2. The molecular weight excluding hydrogens is 279 g/mol. The van der Waals surface area contributed by atoms with Crippen molar-refractivity contribution in [3.05, 3.63) is 22.3 Å². The average Bonchev–Trinajstić information content (AvgIpc) is 2.15. The summed E-state index contributed by atoms with van der Waals surface area (Å²) in [6.07, 6.45) is -3.12. The largest absolute Gasteiger partial charge is 0.468 e. The molecule has 7 heteroatoms. The fourth-order valence-corrected chi connectivity index (χ4v) is 1.16. The van der Waals surface area contributed by atoms with Crippen molar-refractivity contribution in [2.75, 3.05) is 6.61 Å². The molecule has 1 N–H and O–H groups in total. The van der Waals surface area contributed by atoms with Crippen LogP contribution >= 0.6 is 15.9 Å². The monoisotopic (exact) mass is 285 g/mol. The van der Waals surface area contributed by atoms with Crippen LogP contribution in [-0.2, 0) is 6.61 Å².